The molecule has 1 aliphatic carbocycles. The highest BCUT2D eigenvalue weighted by molar-refractivity contribution is 4.84. The molecule has 1 saturated heterocycles. The molecule has 118 valence electrons. The summed E-state index contributed by atoms with van der Waals surface area (Å²) in [5.74, 6) is 1.94. The molecule has 1 atom stereocenters. The number of nitrogens with zero attached hydrogens (tertiary/aromatic N) is 1. The third kappa shape index (κ3) is 4.73. The maximum Gasteiger partial charge on any atom is 0.00705 e. The Hall–Kier alpha value is -0.0800. The van der Waals surface area contributed by atoms with Crippen molar-refractivity contribution in [3.05, 3.63) is 0 Å². The van der Waals surface area contributed by atoms with Gasteiger partial charge in [0.2, 0.25) is 0 Å². The van der Waals surface area contributed by atoms with E-state index in [0.29, 0.717) is 0 Å². The van der Waals surface area contributed by atoms with Crippen molar-refractivity contribution >= 4 is 0 Å². The molecule has 0 radical (unpaired) electrons. The Labute approximate surface area is 126 Å². The lowest BCUT2D eigenvalue weighted by Crippen LogP contribution is -2.46. The van der Waals surface area contributed by atoms with Gasteiger partial charge in [0.25, 0.3) is 0 Å². The van der Waals surface area contributed by atoms with Crippen LogP contribution in [0.1, 0.15) is 72.1 Å². The summed E-state index contributed by atoms with van der Waals surface area (Å²) >= 11 is 0. The zero-order valence-electron chi connectivity index (χ0n) is 14.0. The van der Waals surface area contributed by atoms with Crippen molar-refractivity contribution in [1.82, 2.24) is 10.2 Å². The van der Waals surface area contributed by atoms with Crippen LogP contribution in [0.3, 0.4) is 0 Å². The molecular weight excluding hydrogens is 244 g/mol. The lowest BCUT2D eigenvalue weighted by molar-refractivity contribution is 0.156. The van der Waals surface area contributed by atoms with Crippen molar-refractivity contribution in [2.24, 2.45) is 11.8 Å². The van der Waals surface area contributed by atoms with Gasteiger partial charge in [-0.05, 0) is 76.9 Å². The quantitative estimate of drug-likeness (QED) is 0.789. The Morgan fingerprint density at radius 2 is 1.65 bits per heavy atom. The standard InChI is InChI=1S/C18H36N2/c1-4-6-16-7-9-18(10-8-16)19-15(3)17-11-13-20(5-2)14-12-17/h15-19H,4-14H2,1-3H3. The molecule has 2 heteroatoms. The Bertz CT molecular complexity index is 250. The van der Waals surface area contributed by atoms with Crippen LogP contribution in [-0.4, -0.2) is 36.6 Å². The van der Waals surface area contributed by atoms with E-state index in [9.17, 15) is 0 Å². The molecule has 0 spiro atoms. The van der Waals surface area contributed by atoms with E-state index >= 15 is 0 Å². The molecule has 2 nitrogen and oxygen atoms in total. The maximum atomic E-state index is 3.97. The van der Waals surface area contributed by atoms with Crippen molar-refractivity contribution in [2.45, 2.75) is 84.2 Å². The first-order chi connectivity index (χ1) is 9.72. The monoisotopic (exact) mass is 280 g/mol. The van der Waals surface area contributed by atoms with E-state index < -0.39 is 0 Å². The van der Waals surface area contributed by atoms with Gasteiger partial charge in [-0.1, -0.05) is 26.7 Å². The fourth-order valence-electron chi connectivity index (χ4n) is 4.30. The van der Waals surface area contributed by atoms with Gasteiger partial charge in [0.1, 0.15) is 0 Å². The molecule has 1 N–H and O–H groups in total. The average molecular weight is 280 g/mol. The summed E-state index contributed by atoms with van der Waals surface area (Å²) in [5, 5.41) is 3.97. The van der Waals surface area contributed by atoms with Crippen LogP contribution in [0.4, 0.5) is 0 Å². The van der Waals surface area contributed by atoms with Gasteiger partial charge in [-0.2, -0.15) is 0 Å². The molecule has 1 heterocycles. The van der Waals surface area contributed by atoms with Crippen LogP contribution in [0.5, 0.6) is 0 Å². The molecule has 0 amide bonds. The Morgan fingerprint density at radius 3 is 2.20 bits per heavy atom. The van der Waals surface area contributed by atoms with Crippen molar-refractivity contribution in [1.29, 1.82) is 0 Å². The molecule has 0 bridgehead atoms. The molecule has 0 aromatic carbocycles. The molecule has 2 rings (SSSR count). The van der Waals surface area contributed by atoms with E-state index in [2.05, 4.69) is 31.0 Å². The highest BCUT2D eigenvalue weighted by Gasteiger charge is 2.26. The van der Waals surface area contributed by atoms with Crippen LogP contribution in [0, 0.1) is 11.8 Å². The smallest absolute Gasteiger partial charge is 0.00705 e. The number of likely N-dealkylation sites (tertiary alicyclic amines) is 1. The van der Waals surface area contributed by atoms with Gasteiger partial charge in [0.05, 0.1) is 0 Å². The number of piperidine rings is 1. The minimum atomic E-state index is 0.724. The van der Waals surface area contributed by atoms with Gasteiger partial charge >= 0.3 is 0 Å². The van der Waals surface area contributed by atoms with Crippen LogP contribution in [0.25, 0.3) is 0 Å². The van der Waals surface area contributed by atoms with Crippen LogP contribution >= 0.6 is 0 Å². The first-order valence-corrected chi connectivity index (χ1v) is 9.21. The van der Waals surface area contributed by atoms with Crippen molar-refractivity contribution < 1.29 is 0 Å². The minimum absolute atomic E-state index is 0.724. The summed E-state index contributed by atoms with van der Waals surface area (Å²) in [7, 11) is 0. The third-order valence-corrected chi connectivity index (χ3v) is 5.83. The van der Waals surface area contributed by atoms with E-state index in [0.717, 1.165) is 23.9 Å². The van der Waals surface area contributed by atoms with Crippen molar-refractivity contribution in [3.63, 3.8) is 0 Å². The van der Waals surface area contributed by atoms with E-state index in [1.165, 1.54) is 71.0 Å². The van der Waals surface area contributed by atoms with Crippen molar-refractivity contribution in [2.75, 3.05) is 19.6 Å². The van der Waals surface area contributed by atoms with Crippen LogP contribution in [-0.2, 0) is 0 Å². The van der Waals surface area contributed by atoms with Crippen LogP contribution < -0.4 is 5.32 Å². The summed E-state index contributed by atoms with van der Waals surface area (Å²) in [5.41, 5.74) is 0. The molecule has 20 heavy (non-hydrogen) atoms. The van der Waals surface area contributed by atoms with Gasteiger partial charge in [0, 0.05) is 12.1 Å². The topological polar surface area (TPSA) is 15.3 Å². The molecule has 0 aromatic rings. The fourth-order valence-corrected chi connectivity index (χ4v) is 4.30. The summed E-state index contributed by atoms with van der Waals surface area (Å²) in [6.07, 6.45) is 11.4. The normalized spacial score (nSPS) is 31.4. The van der Waals surface area contributed by atoms with E-state index in [1.54, 1.807) is 0 Å². The Balaban J connectivity index is 1.66. The van der Waals surface area contributed by atoms with Gasteiger partial charge < -0.3 is 10.2 Å². The lowest BCUT2D eigenvalue weighted by atomic mass is 9.82. The highest BCUT2D eigenvalue weighted by atomic mass is 15.1. The second kappa shape index (κ2) is 8.38. The summed E-state index contributed by atoms with van der Waals surface area (Å²) in [4.78, 5) is 2.60. The maximum absolute atomic E-state index is 3.97. The van der Waals surface area contributed by atoms with E-state index in [1.807, 2.05) is 0 Å². The van der Waals surface area contributed by atoms with Crippen LogP contribution in [0.15, 0.2) is 0 Å². The van der Waals surface area contributed by atoms with E-state index in [4.69, 9.17) is 0 Å². The van der Waals surface area contributed by atoms with Gasteiger partial charge in [0.15, 0.2) is 0 Å². The second-order valence-corrected chi connectivity index (χ2v) is 7.23. The largest absolute Gasteiger partial charge is 0.311 e. The van der Waals surface area contributed by atoms with Gasteiger partial charge in [-0.3, -0.25) is 0 Å². The molecule has 2 fully saturated rings. The summed E-state index contributed by atoms with van der Waals surface area (Å²) < 4.78 is 0. The fraction of sp³-hybridized carbons (Fsp3) is 1.00. The Morgan fingerprint density at radius 1 is 1.00 bits per heavy atom. The van der Waals surface area contributed by atoms with Gasteiger partial charge in [-0.25, -0.2) is 0 Å². The average Bonchev–Trinajstić information content (AvgIpc) is 2.49. The minimum Gasteiger partial charge on any atom is -0.311 e. The molecule has 2 aliphatic rings. The highest BCUT2D eigenvalue weighted by Crippen LogP contribution is 2.29. The molecule has 0 aromatic heterocycles. The van der Waals surface area contributed by atoms with E-state index in [-0.39, 0.29) is 0 Å². The zero-order chi connectivity index (χ0) is 14.4. The SMILES string of the molecule is CCCC1CCC(NC(C)C2CCN(CC)CC2)CC1. The Kier molecular flexibility index (Phi) is 6.83. The predicted octanol–water partition coefficient (Wildman–Crippen LogP) is 4.06. The first-order valence-electron chi connectivity index (χ1n) is 9.21. The van der Waals surface area contributed by atoms with Crippen molar-refractivity contribution in [3.8, 4) is 0 Å². The van der Waals surface area contributed by atoms with Gasteiger partial charge in [-0.15, -0.1) is 0 Å². The number of rotatable bonds is 6. The first kappa shape index (κ1) is 16.3. The molecule has 1 saturated carbocycles. The summed E-state index contributed by atoms with van der Waals surface area (Å²) in [6, 6.07) is 1.53. The second-order valence-electron chi connectivity index (χ2n) is 7.23. The number of hydrogen-bond acceptors (Lipinski definition) is 2. The summed E-state index contributed by atoms with van der Waals surface area (Å²) in [6.45, 7) is 10.9. The number of nitrogens with one attached hydrogen (secondary N) is 1. The van der Waals surface area contributed by atoms with Crippen LogP contribution in [0.2, 0.25) is 0 Å². The number of hydrogen-bond donors (Lipinski definition) is 1. The lowest BCUT2D eigenvalue weighted by Gasteiger charge is -2.37. The zero-order valence-corrected chi connectivity index (χ0v) is 14.0. The molecule has 1 unspecified atom stereocenters. The molecular formula is C18H36N2. The third-order valence-electron chi connectivity index (χ3n) is 5.83. The predicted molar refractivity (Wildman–Crippen MR) is 88.1 cm³/mol. The molecule has 1 aliphatic heterocycles.